The second-order valence-corrected chi connectivity index (χ2v) is 4.13. The van der Waals surface area contributed by atoms with E-state index in [0.717, 1.165) is 29.4 Å². The van der Waals surface area contributed by atoms with Crippen LogP contribution in [0.3, 0.4) is 0 Å². The van der Waals surface area contributed by atoms with E-state index in [1.165, 1.54) is 0 Å². The van der Waals surface area contributed by atoms with Crippen molar-refractivity contribution in [3.63, 3.8) is 0 Å². The summed E-state index contributed by atoms with van der Waals surface area (Å²) in [4.78, 5) is 16.3. The van der Waals surface area contributed by atoms with Crippen molar-refractivity contribution in [1.29, 1.82) is 0 Å². The van der Waals surface area contributed by atoms with Crippen LogP contribution in [0.25, 0.3) is 10.8 Å². The minimum Gasteiger partial charge on any atom is -0.315 e. The Hall–Kier alpha value is -1.74. The van der Waals surface area contributed by atoms with Crippen LogP contribution in [0, 0.1) is 5.92 Å². The second-order valence-electron chi connectivity index (χ2n) is 4.13. The third-order valence-corrected chi connectivity index (χ3v) is 3.09. The average molecular weight is 212 g/mol. The molecule has 0 atom stereocenters. The normalized spacial score (nSPS) is 16.0. The highest BCUT2D eigenvalue weighted by Gasteiger charge is 2.26. The number of Topliss-reactive ketones (excluding diaryl/α,β-unsaturated/α-hetero) is 1. The third-order valence-electron chi connectivity index (χ3n) is 3.09. The number of hydrogen-bond donors (Lipinski definition) is 1. The number of fused-ring (bicyclic) bond motifs is 1. The van der Waals surface area contributed by atoms with Gasteiger partial charge in [0.25, 0.3) is 0 Å². The minimum absolute atomic E-state index is 0.132. The Kier molecular flexibility index (Phi) is 2.18. The van der Waals surface area contributed by atoms with E-state index in [4.69, 9.17) is 0 Å². The van der Waals surface area contributed by atoms with Crippen molar-refractivity contribution in [1.82, 2.24) is 10.3 Å². The fourth-order valence-corrected chi connectivity index (χ4v) is 2.01. The van der Waals surface area contributed by atoms with Gasteiger partial charge in [-0.1, -0.05) is 24.3 Å². The molecule has 0 spiro atoms. The van der Waals surface area contributed by atoms with Crippen LogP contribution in [0.4, 0.5) is 0 Å². The van der Waals surface area contributed by atoms with Gasteiger partial charge in [0.05, 0.1) is 0 Å². The highest BCUT2D eigenvalue weighted by Crippen LogP contribution is 2.21. The maximum absolute atomic E-state index is 12.2. The van der Waals surface area contributed by atoms with Crippen molar-refractivity contribution in [3.05, 3.63) is 42.2 Å². The summed E-state index contributed by atoms with van der Waals surface area (Å²) in [5.74, 6) is 0.343. The largest absolute Gasteiger partial charge is 0.315 e. The second kappa shape index (κ2) is 3.68. The molecule has 0 radical (unpaired) electrons. The molecule has 3 heteroatoms. The maximum atomic E-state index is 12.2. The van der Waals surface area contributed by atoms with Gasteiger partial charge in [-0.15, -0.1) is 0 Å². The van der Waals surface area contributed by atoms with Crippen LogP contribution in [0.5, 0.6) is 0 Å². The molecule has 1 saturated heterocycles. The first-order valence-electron chi connectivity index (χ1n) is 5.44. The molecule has 3 rings (SSSR count). The van der Waals surface area contributed by atoms with Crippen molar-refractivity contribution in [2.45, 2.75) is 0 Å². The van der Waals surface area contributed by atoms with E-state index in [0.29, 0.717) is 0 Å². The van der Waals surface area contributed by atoms with E-state index in [9.17, 15) is 4.79 Å². The first-order valence-corrected chi connectivity index (χ1v) is 5.44. The average Bonchev–Trinajstić information content (AvgIpc) is 2.26. The molecular formula is C13H12N2O. The molecule has 0 saturated carbocycles. The summed E-state index contributed by atoms with van der Waals surface area (Å²) in [6.07, 6.45) is 3.48. The number of nitrogens with zero attached hydrogens (tertiary/aromatic N) is 1. The molecule has 1 aliphatic heterocycles. The predicted octanol–water partition coefficient (Wildman–Crippen LogP) is 1.64. The molecule has 1 aliphatic rings. The summed E-state index contributed by atoms with van der Waals surface area (Å²) >= 11 is 0. The molecule has 1 aromatic heterocycles. The predicted molar refractivity (Wildman–Crippen MR) is 62.4 cm³/mol. The Morgan fingerprint density at radius 2 is 2.06 bits per heavy atom. The van der Waals surface area contributed by atoms with Crippen molar-refractivity contribution in [2.75, 3.05) is 13.1 Å². The number of ketones is 1. The van der Waals surface area contributed by atoms with Crippen LogP contribution < -0.4 is 5.32 Å². The Bertz CT molecular complexity index is 541. The molecule has 0 unspecified atom stereocenters. The molecule has 80 valence electrons. The summed E-state index contributed by atoms with van der Waals surface area (Å²) in [5.41, 5.74) is 0.754. The van der Waals surface area contributed by atoms with Gasteiger partial charge in [-0.05, 0) is 5.39 Å². The van der Waals surface area contributed by atoms with Gasteiger partial charge in [-0.3, -0.25) is 9.78 Å². The highest BCUT2D eigenvalue weighted by molar-refractivity contribution is 6.09. The Labute approximate surface area is 93.5 Å². The Balaban J connectivity index is 2.12. The number of carbonyl (C=O) groups excluding carboxylic acids is 1. The number of aromatic nitrogens is 1. The van der Waals surface area contributed by atoms with Crippen molar-refractivity contribution >= 4 is 16.6 Å². The highest BCUT2D eigenvalue weighted by atomic mass is 16.1. The topological polar surface area (TPSA) is 42.0 Å². The molecule has 2 aromatic rings. The molecular weight excluding hydrogens is 200 g/mol. The standard InChI is InChI=1S/C13H12N2O/c16-13(10-6-14-7-10)12-8-15-5-9-3-1-2-4-11(9)12/h1-5,8,10,14H,6-7H2. The number of carbonyl (C=O) groups is 1. The molecule has 2 heterocycles. The lowest BCUT2D eigenvalue weighted by atomic mass is 9.91. The summed E-state index contributed by atoms with van der Waals surface area (Å²) in [5, 5.41) is 5.16. The number of benzene rings is 1. The van der Waals surface area contributed by atoms with E-state index < -0.39 is 0 Å². The number of nitrogens with one attached hydrogen (secondary N) is 1. The molecule has 16 heavy (non-hydrogen) atoms. The monoisotopic (exact) mass is 212 g/mol. The van der Waals surface area contributed by atoms with Crippen LogP contribution in [-0.4, -0.2) is 23.9 Å². The molecule has 0 amide bonds. The van der Waals surface area contributed by atoms with E-state index in [2.05, 4.69) is 10.3 Å². The van der Waals surface area contributed by atoms with E-state index in [-0.39, 0.29) is 11.7 Å². The molecule has 1 aromatic carbocycles. The van der Waals surface area contributed by atoms with E-state index in [1.807, 2.05) is 24.3 Å². The number of hydrogen-bond acceptors (Lipinski definition) is 3. The Morgan fingerprint density at radius 1 is 1.25 bits per heavy atom. The maximum Gasteiger partial charge on any atom is 0.170 e. The zero-order valence-corrected chi connectivity index (χ0v) is 8.81. The van der Waals surface area contributed by atoms with Crippen LogP contribution in [0.1, 0.15) is 10.4 Å². The Morgan fingerprint density at radius 3 is 2.81 bits per heavy atom. The lowest BCUT2D eigenvalue weighted by Gasteiger charge is -2.25. The molecule has 1 fully saturated rings. The molecule has 3 nitrogen and oxygen atoms in total. The van der Waals surface area contributed by atoms with Gasteiger partial charge in [-0.2, -0.15) is 0 Å². The summed E-state index contributed by atoms with van der Waals surface area (Å²) in [7, 11) is 0. The zero-order valence-electron chi connectivity index (χ0n) is 8.81. The van der Waals surface area contributed by atoms with Gasteiger partial charge >= 0.3 is 0 Å². The third kappa shape index (κ3) is 1.41. The van der Waals surface area contributed by atoms with Gasteiger partial charge in [0.1, 0.15) is 0 Å². The SMILES string of the molecule is O=C(c1cncc2ccccc12)C1CNC1. The number of pyridine rings is 1. The van der Waals surface area contributed by atoms with Crippen molar-refractivity contribution in [2.24, 2.45) is 5.92 Å². The molecule has 0 bridgehead atoms. The lowest BCUT2D eigenvalue weighted by molar-refractivity contribution is 0.0879. The fraction of sp³-hybridized carbons (Fsp3) is 0.231. The van der Waals surface area contributed by atoms with Gasteiger partial charge in [-0.25, -0.2) is 0 Å². The minimum atomic E-state index is 0.132. The number of rotatable bonds is 2. The van der Waals surface area contributed by atoms with Gasteiger partial charge in [0, 0.05) is 42.4 Å². The fourth-order valence-electron chi connectivity index (χ4n) is 2.01. The summed E-state index contributed by atoms with van der Waals surface area (Å²) in [6, 6.07) is 7.88. The van der Waals surface area contributed by atoms with Crippen LogP contribution in [0.2, 0.25) is 0 Å². The van der Waals surface area contributed by atoms with Crippen LogP contribution in [0.15, 0.2) is 36.7 Å². The van der Waals surface area contributed by atoms with Crippen molar-refractivity contribution in [3.8, 4) is 0 Å². The first kappa shape index (κ1) is 9.48. The quantitative estimate of drug-likeness (QED) is 0.769. The summed E-state index contributed by atoms with van der Waals surface area (Å²) < 4.78 is 0. The molecule has 0 aliphatic carbocycles. The van der Waals surface area contributed by atoms with Gasteiger partial charge in [0.15, 0.2) is 5.78 Å². The van der Waals surface area contributed by atoms with Crippen LogP contribution in [-0.2, 0) is 0 Å². The van der Waals surface area contributed by atoms with Crippen molar-refractivity contribution < 1.29 is 4.79 Å². The van der Waals surface area contributed by atoms with E-state index in [1.54, 1.807) is 12.4 Å². The van der Waals surface area contributed by atoms with Crippen LogP contribution >= 0.6 is 0 Å². The summed E-state index contributed by atoms with van der Waals surface area (Å²) in [6.45, 7) is 1.59. The van der Waals surface area contributed by atoms with E-state index >= 15 is 0 Å². The lowest BCUT2D eigenvalue weighted by Crippen LogP contribution is -2.46. The zero-order chi connectivity index (χ0) is 11.0. The van der Waals surface area contributed by atoms with Gasteiger partial charge in [0.2, 0.25) is 0 Å². The smallest absolute Gasteiger partial charge is 0.170 e. The molecule has 1 N–H and O–H groups in total. The van der Waals surface area contributed by atoms with Gasteiger partial charge < -0.3 is 5.32 Å². The first-order chi connectivity index (χ1) is 7.86.